The molecule has 2 N–H and O–H groups in total. The van der Waals surface area contributed by atoms with Gasteiger partial charge >= 0.3 is 12.0 Å². The van der Waals surface area contributed by atoms with Gasteiger partial charge in [-0.05, 0) is 43.9 Å². The van der Waals surface area contributed by atoms with Gasteiger partial charge in [0.25, 0.3) is 0 Å². The largest absolute Gasteiger partial charge is 0.481 e. The van der Waals surface area contributed by atoms with Crippen molar-refractivity contribution in [3.05, 3.63) is 0 Å². The van der Waals surface area contributed by atoms with Crippen LogP contribution in [0.15, 0.2) is 0 Å². The maximum Gasteiger partial charge on any atom is 0.317 e. The monoisotopic (exact) mass is 282 g/mol. The highest BCUT2D eigenvalue weighted by atomic mass is 16.4. The van der Waals surface area contributed by atoms with Gasteiger partial charge in [-0.3, -0.25) is 4.79 Å². The van der Waals surface area contributed by atoms with Gasteiger partial charge in [-0.15, -0.1) is 0 Å². The number of amides is 2. The van der Waals surface area contributed by atoms with Crippen molar-refractivity contribution in [3.8, 4) is 0 Å². The number of carboxylic acids is 1. The summed E-state index contributed by atoms with van der Waals surface area (Å²) >= 11 is 0. The fraction of sp³-hybridized carbons (Fsp3) is 0.867. The number of carbonyl (C=O) groups is 2. The van der Waals surface area contributed by atoms with Crippen LogP contribution in [0.25, 0.3) is 0 Å². The zero-order valence-electron chi connectivity index (χ0n) is 12.5. The smallest absolute Gasteiger partial charge is 0.317 e. The summed E-state index contributed by atoms with van der Waals surface area (Å²) in [6.45, 7) is 6.04. The van der Waals surface area contributed by atoms with Crippen LogP contribution in [0.1, 0.15) is 52.4 Å². The van der Waals surface area contributed by atoms with Gasteiger partial charge in [-0.1, -0.05) is 13.8 Å². The minimum atomic E-state index is -0.737. The lowest BCUT2D eigenvalue weighted by Gasteiger charge is -2.27. The van der Waals surface area contributed by atoms with Crippen molar-refractivity contribution in [2.75, 3.05) is 13.1 Å². The molecule has 2 rings (SSSR count). The lowest BCUT2D eigenvalue weighted by atomic mass is 9.82. The van der Waals surface area contributed by atoms with Crippen LogP contribution in [-0.4, -0.2) is 41.1 Å². The van der Waals surface area contributed by atoms with Crippen LogP contribution >= 0.6 is 0 Å². The maximum absolute atomic E-state index is 12.3. The second kappa shape index (κ2) is 6.02. The normalized spacial score (nSPS) is 28.6. The SMILES string of the molecule is CCC1(CC)CCN(C(=O)NC2CCC(C(=O)O)C2)C1. The standard InChI is InChI=1S/C15H26N2O3/c1-3-15(4-2)7-8-17(10-15)14(20)16-12-6-5-11(9-12)13(18)19/h11-12H,3-10H2,1-2H3,(H,16,20)(H,18,19). The van der Waals surface area contributed by atoms with E-state index >= 15 is 0 Å². The van der Waals surface area contributed by atoms with Gasteiger partial charge in [-0.25, -0.2) is 4.79 Å². The molecule has 2 atom stereocenters. The minimum absolute atomic E-state index is 0.00943. The first-order chi connectivity index (χ1) is 9.49. The Labute approximate surface area is 120 Å². The van der Waals surface area contributed by atoms with E-state index in [-0.39, 0.29) is 23.4 Å². The summed E-state index contributed by atoms with van der Waals surface area (Å²) in [5.41, 5.74) is 0.288. The van der Waals surface area contributed by atoms with Gasteiger partial charge in [-0.2, -0.15) is 0 Å². The molecule has 2 fully saturated rings. The molecule has 0 aromatic rings. The molecule has 0 aromatic carbocycles. The molecular formula is C15H26N2O3. The average molecular weight is 282 g/mol. The van der Waals surface area contributed by atoms with E-state index in [1.165, 1.54) is 0 Å². The van der Waals surface area contributed by atoms with Crippen LogP contribution in [0.5, 0.6) is 0 Å². The lowest BCUT2D eigenvalue weighted by molar-refractivity contribution is -0.141. The van der Waals surface area contributed by atoms with Gasteiger partial charge in [0.1, 0.15) is 0 Å². The number of carbonyl (C=O) groups excluding carboxylic acids is 1. The van der Waals surface area contributed by atoms with Crippen LogP contribution in [-0.2, 0) is 4.79 Å². The summed E-state index contributed by atoms with van der Waals surface area (Å²) in [4.78, 5) is 25.1. The van der Waals surface area contributed by atoms with Crippen LogP contribution in [0.4, 0.5) is 4.79 Å². The molecule has 0 bridgehead atoms. The molecule has 1 heterocycles. The molecule has 1 saturated carbocycles. The molecule has 5 heteroatoms. The number of likely N-dealkylation sites (tertiary alicyclic amines) is 1. The van der Waals surface area contributed by atoms with E-state index in [1.807, 2.05) is 4.90 Å². The van der Waals surface area contributed by atoms with Crippen LogP contribution in [0, 0.1) is 11.3 Å². The molecule has 20 heavy (non-hydrogen) atoms. The summed E-state index contributed by atoms with van der Waals surface area (Å²) in [5, 5.41) is 12.0. The van der Waals surface area contributed by atoms with Crippen molar-refractivity contribution >= 4 is 12.0 Å². The molecule has 1 saturated heterocycles. The number of hydrogen-bond acceptors (Lipinski definition) is 2. The zero-order chi connectivity index (χ0) is 14.8. The van der Waals surface area contributed by atoms with E-state index in [9.17, 15) is 9.59 Å². The summed E-state index contributed by atoms with van der Waals surface area (Å²) in [6.07, 6.45) is 5.32. The Balaban J connectivity index is 1.83. The van der Waals surface area contributed by atoms with Gasteiger partial charge < -0.3 is 15.3 Å². The van der Waals surface area contributed by atoms with E-state index in [0.29, 0.717) is 12.8 Å². The third-order valence-corrected chi connectivity index (χ3v) is 5.34. The molecule has 0 aromatic heterocycles. The second-order valence-electron chi connectivity index (χ2n) is 6.37. The van der Waals surface area contributed by atoms with Gasteiger partial charge in [0, 0.05) is 19.1 Å². The van der Waals surface area contributed by atoms with E-state index in [4.69, 9.17) is 5.11 Å². The second-order valence-corrected chi connectivity index (χ2v) is 6.37. The highest BCUT2D eigenvalue weighted by Gasteiger charge is 2.38. The Morgan fingerprint density at radius 3 is 2.50 bits per heavy atom. The predicted octanol–water partition coefficient (Wildman–Crippen LogP) is 2.46. The number of rotatable bonds is 4. The molecule has 1 aliphatic heterocycles. The van der Waals surface area contributed by atoms with Gasteiger partial charge in [0.2, 0.25) is 0 Å². The molecule has 0 spiro atoms. The summed E-state index contributed by atoms with van der Waals surface area (Å²) in [7, 11) is 0. The topological polar surface area (TPSA) is 69.6 Å². The van der Waals surface area contributed by atoms with Crippen LogP contribution < -0.4 is 5.32 Å². The number of nitrogens with zero attached hydrogens (tertiary/aromatic N) is 1. The number of hydrogen-bond donors (Lipinski definition) is 2. The number of nitrogens with one attached hydrogen (secondary N) is 1. The molecule has 2 amide bonds. The van der Waals surface area contributed by atoms with Gasteiger partial charge in [0.05, 0.1) is 5.92 Å². The Morgan fingerprint density at radius 2 is 2.00 bits per heavy atom. The third-order valence-electron chi connectivity index (χ3n) is 5.34. The van der Waals surface area contributed by atoms with E-state index in [1.54, 1.807) is 0 Å². The van der Waals surface area contributed by atoms with Crippen molar-refractivity contribution < 1.29 is 14.7 Å². The number of urea groups is 1. The fourth-order valence-corrected chi connectivity index (χ4v) is 3.54. The van der Waals surface area contributed by atoms with Crippen molar-refractivity contribution in [2.45, 2.75) is 58.4 Å². The molecule has 2 aliphatic rings. The summed E-state index contributed by atoms with van der Waals surface area (Å²) in [5.74, 6) is -1.02. The van der Waals surface area contributed by atoms with Crippen molar-refractivity contribution in [1.29, 1.82) is 0 Å². The highest BCUT2D eigenvalue weighted by molar-refractivity contribution is 5.75. The Bertz CT molecular complexity index is 379. The first kappa shape index (κ1) is 15.1. The van der Waals surface area contributed by atoms with E-state index in [0.717, 1.165) is 38.8 Å². The minimum Gasteiger partial charge on any atom is -0.481 e. The molecule has 5 nitrogen and oxygen atoms in total. The summed E-state index contributed by atoms with van der Waals surface area (Å²) in [6, 6.07) is 0.0201. The third kappa shape index (κ3) is 3.07. The van der Waals surface area contributed by atoms with Crippen LogP contribution in [0.2, 0.25) is 0 Å². The van der Waals surface area contributed by atoms with E-state index < -0.39 is 5.97 Å². The number of aliphatic carboxylic acids is 1. The molecule has 0 radical (unpaired) electrons. The van der Waals surface area contributed by atoms with E-state index in [2.05, 4.69) is 19.2 Å². The first-order valence-corrected chi connectivity index (χ1v) is 7.78. The lowest BCUT2D eigenvalue weighted by Crippen LogP contribution is -2.44. The fourth-order valence-electron chi connectivity index (χ4n) is 3.54. The predicted molar refractivity (Wildman–Crippen MR) is 76.5 cm³/mol. The zero-order valence-corrected chi connectivity index (χ0v) is 12.5. The van der Waals surface area contributed by atoms with Crippen molar-refractivity contribution in [2.24, 2.45) is 11.3 Å². The van der Waals surface area contributed by atoms with Crippen molar-refractivity contribution in [1.82, 2.24) is 10.2 Å². The first-order valence-electron chi connectivity index (χ1n) is 7.78. The van der Waals surface area contributed by atoms with Gasteiger partial charge in [0.15, 0.2) is 0 Å². The highest BCUT2D eigenvalue weighted by Crippen LogP contribution is 2.37. The quantitative estimate of drug-likeness (QED) is 0.832. The Morgan fingerprint density at radius 1 is 1.30 bits per heavy atom. The van der Waals surface area contributed by atoms with Crippen LogP contribution in [0.3, 0.4) is 0 Å². The molecule has 114 valence electrons. The average Bonchev–Trinajstić information content (AvgIpc) is 3.05. The Hall–Kier alpha value is -1.26. The molecule has 1 aliphatic carbocycles. The van der Waals surface area contributed by atoms with Crippen molar-refractivity contribution in [3.63, 3.8) is 0 Å². The Kier molecular flexibility index (Phi) is 4.55. The molecule has 2 unspecified atom stereocenters. The maximum atomic E-state index is 12.3. The summed E-state index contributed by atoms with van der Waals surface area (Å²) < 4.78 is 0. The number of carboxylic acid groups (broad SMARTS) is 1. The molecular weight excluding hydrogens is 256 g/mol.